The number of hydrogen-bond donors (Lipinski definition) is 2. The Morgan fingerprint density at radius 2 is 1.68 bits per heavy atom. The summed E-state index contributed by atoms with van der Waals surface area (Å²) in [6.07, 6.45) is -3.74. The Bertz CT molecular complexity index is 1130. The van der Waals surface area contributed by atoms with E-state index in [1.807, 2.05) is 6.07 Å². The molecule has 0 spiro atoms. The molecule has 1 aliphatic heterocycles. The first-order valence-electron chi connectivity index (χ1n) is 9.62. The first-order valence-corrected chi connectivity index (χ1v) is 9.62. The van der Waals surface area contributed by atoms with Gasteiger partial charge >= 0.3 is 18.3 Å². The van der Waals surface area contributed by atoms with Crippen molar-refractivity contribution >= 4 is 11.7 Å². The lowest BCUT2D eigenvalue weighted by Gasteiger charge is -2.28. The molecule has 0 amide bonds. The maximum atomic E-state index is 12.8. The Labute approximate surface area is 188 Å². The van der Waals surface area contributed by atoms with E-state index in [0.29, 0.717) is 18.9 Å². The highest BCUT2D eigenvalue weighted by Crippen LogP contribution is 2.30. The van der Waals surface area contributed by atoms with Crippen LogP contribution in [0.15, 0.2) is 43.0 Å². The second-order valence-electron chi connectivity index (χ2n) is 6.91. The number of halogens is 6. The number of morpholine rings is 1. The molecule has 4 rings (SSSR count). The average molecular weight is 489 g/mol. The molecule has 0 saturated carbocycles. The summed E-state index contributed by atoms with van der Waals surface area (Å²) in [5.74, 6) is -2.69. The molecule has 1 saturated heterocycles. The van der Waals surface area contributed by atoms with E-state index >= 15 is 0 Å². The molecule has 0 bridgehead atoms. The highest BCUT2D eigenvalue weighted by atomic mass is 19.4. The van der Waals surface area contributed by atoms with E-state index in [9.17, 15) is 26.3 Å². The molecule has 4 heterocycles. The monoisotopic (exact) mass is 489 g/mol. The van der Waals surface area contributed by atoms with Crippen molar-refractivity contribution in [1.29, 1.82) is 0 Å². The van der Waals surface area contributed by atoms with E-state index in [1.165, 1.54) is 0 Å². The van der Waals surface area contributed by atoms with Crippen molar-refractivity contribution in [2.24, 2.45) is 0 Å². The van der Waals surface area contributed by atoms with Gasteiger partial charge in [0.15, 0.2) is 5.82 Å². The van der Waals surface area contributed by atoms with Crippen molar-refractivity contribution in [2.75, 3.05) is 31.2 Å². The van der Waals surface area contributed by atoms with Gasteiger partial charge in [0, 0.05) is 31.0 Å². The number of ether oxygens (including phenoxy) is 1. The molecule has 1 aliphatic rings. The number of carbonyl (C=O) groups is 1. The lowest BCUT2D eigenvalue weighted by atomic mass is 10.1. The lowest BCUT2D eigenvalue weighted by molar-refractivity contribution is -0.192. The molecule has 14 heteroatoms. The maximum Gasteiger partial charge on any atom is 0.490 e. The van der Waals surface area contributed by atoms with Crippen LogP contribution < -0.4 is 4.90 Å². The Kier molecular flexibility index (Phi) is 7.39. The molecule has 0 aromatic carbocycles. The summed E-state index contributed by atoms with van der Waals surface area (Å²) in [5.41, 5.74) is 2.06. The van der Waals surface area contributed by atoms with Gasteiger partial charge in [-0.05, 0) is 23.8 Å². The van der Waals surface area contributed by atoms with Gasteiger partial charge < -0.3 is 19.7 Å². The van der Waals surface area contributed by atoms with Gasteiger partial charge in [0.25, 0.3) is 0 Å². The van der Waals surface area contributed by atoms with Crippen LogP contribution >= 0.6 is 0 Å². The molecule has 34 heavy (non-hydrogen) atoms. The molecular formula is C20H17F6N5O3. The Hall–Kier alpha value is -3.68. The van der Waals surface area contributed by atoms with Crippen LogP contribution in [-0.2, 0) is 15.7 Å². The summed E-state index contributed by atoms with van der Waals surface area (Å²) >= 11 is 0. The molecule has 0 aliphatic carbocycles. The molecule has 3 aromatic heterocycles. The van der Waals surface area contributed by atoms with Crippen LogP contribution in [-0.4, -0.2) is 63.5 Å². The highest BCUT2D eigenvalue weighted by Gasteiger charge is 2.38. The van der Waals surface area contributed by atoms with Gasteiger partial charge in [-0.15, -0.1) is 0 Å². The van der Waals surface area contributed by atoms with Gasteiger partial charge in [-0.25, -0.2) is 9.78 Å². The number of pyridine rings is 2. The zero-order valence-electron chi connectivity index (χ0n) is 17.2. The number of aliphatic carboxylic acids is 1. The standard InChI is InChI=1S/C18H16F3N5O.C2HF3O2/c19-18(20,21)16-11-24-17(25-16)15-8-12(1-2-23-15)13-7-14(10-22-9-13)26-3-5-27-6-4-26;3-2(4,5)1(6)7/h1-2,7-11H,3-6H2,(H,24,25);(H,6,7). The van der Waals surface area contributed by atoms with Gasteiger partial charge in [-0.2, -0.15) is 26.3 Å². The number of rotatable bonds is 3. The number of alkyl halides is 6. The Morgan fingerprint density at radius 1 is 1.00 bits per heavy atom. The summed E-state index contributed by atoms with van der Waals surface area (Å²) in [7, 11) is 0. The smallest absolute Gasteiger partial charge is 0.475 e. The normalized spacial score (nSPS) is 14.4. The van der Waals surface area contributed by atoms with Gasteiger partial charge in [0.1, 0.15) is 11.4 Å². The van der Waals surface area contributed by atoms with Crippen LogP contribution in [0.3, 0.4) is 0 Å². The van der Waals surface area contributed by atoms with Gasteiger partial charge in [0.2, 0.25) is 0 Å². The van der Waals surface area contributed by atoms with Crippen molar-refractivity contribution in [3.05, 3.63) is 48.7 Å². The second kappa shape index (κ2) is 10.1. The molecule has 1 fully saturated rings. The summed E-state index contributed by atoms with van der Waals surface area (Å²) in [6.45, 7) is 2.92. The van der Waals surface area contributed by atoms with E-state index in [4.69, 9.17) is 14.6 Å². The van der Waals surface area contributed by atoms with Crippen molar-refractivity contribution < 1.29 is 41.0 Å². The topological polar surface area (TPSA) is 104 Å². The predicted octanol–water partition coefficient (Wildman–Crippen LogP) is 4.02. The summed E-state index contributed by atoms with van der Waals surface area (Å²) in [4.78, 5) is 25.6. The van der Waals surface area contributed by atoms with Crippen LogP contribution in [0.4, 0.5) is 32.0 Å². The number of nitrogens with zero attached hydrogens (tertiary/aromatic N) is 4. The molecule has 0 unspecified atom stereocenters. The van der Waals surface area contributed by atoms with Crippen LogP contribution in [0, 0.1) is 0 Å². The molecule has 182 valence electrons. The fourth-order valence-electron chi connectivity index (χ4n) is 2.92. The second-order valence-corrected chi connectivity index (χ2v) is 6.91. The van der Waals surface area contributed by atoms with Gasteiger partial charge in [0.05, 0.1) is 31.3 Å². The number of aromatic nitrogens is 4. The van der Waals surface area contributed by atoms with Crippen LogP contribution in [0.1, 0.15) is 5.69 Å². The lowest BCUT2D eigenvalue weighted by Crippen LogP contribution is -2.36. The van der Waals surface area contributed by atoms with E-state index in [2.05, 4.69) is 24.8 Å². The fraction of sp³-hybridized carbons (Fsp3) is 0.300. The van der Waals surface area contributed by atoms with Gasteiger partial charge in [-0.1, -0.05) is 0 Å². The Morgan fingerprint density at radius 3 is 2.26 bits per heavy atom. The van der Waals surface area contributed by atoms with E-state index in [0.717, 1.165) is 36.1 Å². The number of imidazole rings is 1. The van der Waals surface area contributed by atoms with Crippen LogP contribution in [0.5, 0.6) is 0 Å². The molecule has 8 nitrogen and oxygen atoms in total. The third-order valence-corrected chi connectivity index (χ3v) is 4.56. The number of H-pyrrole nitrogens is 1. The van der Waals surface area contributed by atoms with Crippen molar-refractivity contribution in [1.82, 2.24) is 19.9 Å². The molecular weight excluding hydrogens is 472 g/mol. The van der Waals surface area contributed by atoms with E-state index in [-0.39, 0.29) is 5.82 Å². The van der Waals surface area contributed by atoms with Crippen LogP contribution in [0.2, 0.25) is 0 Å². The number of carboxylic acid groups (broad SMARTS) is 1. The number of carboxylic acids is 1. The molecule has 0 atom stereocenters. The molecule has 3 aromatic rings. The summed E-state index contributed by atoms with van der Waals surface area (Å²) in [6, 6.07) is 5.48. The summed E-state index contributed by atoms with van der Waals surface area (Å²) < 4.78 is 75.4. The quantitative estimate of drug-likeness (QED) is 0.536. The summed E-state index contributed by atoms with van der Waals surface area (Å²) in [5, 5.41) is 7.12. The highest BCUT2D eigenvalue weighted by molar-refractivity contribution is 5.73. The minimum atomic E-state index is -5.08. The minimum Gasteiger partial charge on any atom is -0.475 e. The van der Waals surface area contributed by atoms with Crippen molar-refractivity contribution in [3.63, 3.8) is 0 Å². The SMILES string of the molecule is FC(F)(F)c1cnc(-c2cc(-c3cncc(N4CCOCC4)c3)ccn2)[nH]1.O=C(O)C(F)(F)F. The number of hydrogen-bond acceptors (Lipinski definition) is 6. The van der Waals surface area contributed by atoms with Crippen molar-refractivity contribution in [2.45, 2.75) is 12.4 Å². The third kappa shape index (κ3) is 6.43. The van der Waals surface area contributed by atoms with E-state index < -0.39 is 24.0 Å². The Balaban J connectivity index is 0.000000406. The largest absolute Gasteiger partial charge is 0.490 e. The number of aromatic amines is 1. The molecule has 0 radical (unpaired) electrons. The predicted molar refractivity (Wildman–Crippen MR) is 107 cm³/mol. The van der Waals surface area contributed by atoms with Crippen LogP contribution in [0.25, 0.3) is 22.6 Å². The average Bonchev–Trinajstić information content (AvgIpc) is 3.31. The number of nitrogens with one attached hydrogen (secondary N) is 1. The maximum absolute atomic E-state index is 12.8. The minimum absolute atomic E-state index is 0.0708. The van der Waals surface area contributed by atoms with Gasteiger partial charge in [-0.3, -0.25) is 9.97 Å². The zero-order chi connectivity index (χ0) is 24.9. The van der Waals surface area contributed by atoms with Crippen molar-refractivity contribution in [3.8, 4) is 22.6 Å². The molecule has 2 N–H and O–H groups in total. The first kappa shape index (κ1) is 25.0. The fourth-order valence-corrected chi connectivity index (χ4v) is 2.92. The third-order valence-electron chi connectivity index (χ3n) is 4.56. The first-order chi connectivity index (χ1) is 15.9. The zero-order valence-corrected chi connectivity index (χ0v) is 17.2. The number of anilines is 1. The van der Waals surface area contributed by atoms with E-state index in [1.54, 1.807) is 30.7 Å².